The molecule has 0 atom stereocenters. The van der Waals surface area contributed by atoms with E-state index in [0.717, 1.165) is 5.76 Å². The summed E-state index contributed by atoms with van der Waals surface area (Å²) in [4.78, 5) is 13.6. The van der Waals surface area contributed by atoms with Crippen LogP contribution in [-0.2, 0) is 6.54 Å². The number of hydrogen-bond donors (Lipinski definition) is 1. The van der Waals surface area contributed by atoms with Crippen molar-refractivity contribution in [3.8, 4) is 5.75 Å². The Kier molecular flexibility index (Phi) is 3.81. The molecule has 1 heterocycles. The molecule has 1 aromatic heterocycles. The lowest BCUT2D eigenvalue weighted by molar-refractivity contribution is 0.0772. The van der Waals surface area contributed by atoms with Crippen molar-refractivity contribution in [1.29, 1.82) is 0 Å². The van der Waals surface area contributed by atoms with E-state index in [4.69, 9.17) is 16.0 Å². The number of rotatable bonds is 3. The number of amides is 1. The minimum atomic E-state index is -0.289. The van der Waals surface area contributed by atoms with E-state index >= 15 is 0 Å². The Hall–Kier alpha value is -1.94. The molecule has 0 radical (unpaired) electrons. The van der Waals surface area contributed by atoms with Crippen LogP contribution in [0.2, 0.25) is 5.02 Å². The van der Waals surface area contributed by atoms with Gasteiger partial charge in [-0.2, -0.15) is 0 Å². The number of hydrogen-bond acceptors (Lipinski definition) is 3. The normalized spacial score (nSPS) is 10.5. The van der Waals surface area contributed by atoms with Gasteiger partial charge in [-0.3, -0.25) is 4.79 Å². The number of nitrogens with zero attached hydrogens (tertiary/aromatic N) is 1. The average Bonchev–Trinajstić information content (AvgIpc) is 2.74. The number of aromatic hydroxyl groups is 1. The molecule has 0 saturated carbocycles. The van der Waals surface area contributed by atoms with Gasteiger partial charge in [0.1, 0.15) is 17.3 Å². The maximum Gasteiger partial charge on any atom is 0.257 e. The molecule has 0 bridgehead atoms. The molecule has 0 saturated heterocycles. The second-order valence-corrected chi connectivity index (χ2v) is 4.77. The van der Waals surface area contributed by atoms with Crippen LogP contribution in [0.25, 0.3) is 0 Å². The van der Waals surface area contributed by atoms with Crippen LogP contribution in [0.1, 0.15) is 21.9 Å². The highest BCUT2D eigenvalue weighted by molar-refractivity contribution is 6.30. The minimum absolute atomic E-state index is 0.125. The molecule has 1 amide bonds. The molecular weight excluding hydrogens is 266 g/mol. The van der Waals surface area contributed by atoms with E-state index < -0.39 is 0 Å². The van der Waals surface area contributed by atoms with Crippen molar-refractivity contribution < 1.29 is 14.3 Å². The number of furan rings is 1. The molecule has 0 unspecified atom stereocenters. The summed E-state index contributed by atoms with van der Waals surface area (Å²) in [5, 5.41) is 10.1. The van der Waals surface area contributed by atoms with E-state index in [-0.39, 0.29) is 17.2 Å². The summed E-state index contributed by atoms with van der Waals surface area (Å²) >= 11 is 5.73. The first-order chi connectivity index (χ1) is 8.97. The molecule has 5 heteroatoms. The third-order valence-corrected chi connectivity index (χ3v) is 2.96. The maximum absolute atomic E-state index is 12.2. The van der Waals surface area contributed by atoms with Gasteiger partial charge in [0.15, 0.2) is 0 Å². The molecule has 1 aromatic carbocycles. The van der Waals surface area contributed by atoms with E-state index in [1.165, 1.54) is 17.0 Å². The van der Waals surface area contributed by atoms with Crippen LogP contribution < -0.4 is 0 Å². The van der Waals surface area contributed by atoms with Gasteiger partial charge in [-0.15, -0.1) is 0 Å². The summed E-state index contributed by atoms with van der Waals surface area (Å²) in [7, 11) is 1.65. The van der Waals surface area contributed by atoms with E-state index in [1.807, 2.05) is 19.1 Å². The van der Waals surface area contributed by atoms with Crippen molar-refractivity contribution in [2.45, 2.75) is 13.5 Å². The minimum Gasteiger partial charge on any atom is -0.507 e. The lowest BCUT2D eigenvalue weighted by Crippen LogP contribution is -2.26. The van der Waals surface area contributed by atoms with E-state index in [2.05, 4.69) is 0 Å². The molecule has 0 aliphatic carbocycles. The van der Waals surface area contributed by atoms with Gasteiger partial charge >= 0.3 is 0 Å². The quantitative estimate of drug-likeness (QED) is 0.938. The van der Waals surface area contributed by atoms with E-state index in [1.54, 1.807) is 13.1 Å². The topological polar surface area (TPSA) is 53.7 Å². The molecule has 0 aliphatic heterocycles. The lowest BCUT2D eigenvalue weighted by Gasteiger charge is -2.16. The molecule has 19 heavy (non-hydrogen) atoms. The number of phenolic OH excluding ortho intramolecular Hbond substituents is 1. The van der Waals surface area contributed by atoms with Crippen LogP contribution in [-0.4, -0.2) is 23.0 Å². The molecule has 0 spiro atoms. The number of carbonyl (C=O) groups excluding carboxylic acids is 1. The number of carbonyl (C=O) groups is 1. The van der Waals surface area contributed by atoms with Gasteiger partial charge in [-0.25, -0.2) is 0 Å². The lowest BCUT2D eigenvalue weighted by atomic mass is 10.1. The van der Waals surface area contributed by atoms with Gasteiger partial charge in [-0.05, 0) is 37.3 Å². The smallest absolute Gasteiger partial charge is 0.257 e. The Balaban J connectivity index is 2.14. The highest BCUT2D eigenvalue weighted by Crippen LogP contribution is 2.23. The summed E-state index contributed by atoms with van der Waals surface area (Å²) in [5.41, 5.74) is 0.218. The fourth-order valence-corrected chi connectivity index (χ4v) is 1.93. The van der Waals surface area contributed by atoms with Crippen molar-refractivity contribution in [2.75, 3.05) is 7.05 Å². The first-order valence-corrected chi connectivity index (χ1v) is 6.14. The Morgan fingerprint density at radius 1 is 1.37 bits per heavy atom. The first-order valence-electron chi connectivity index (χ1n) is 5.76. The van der Waals surface area contributed by atoms with Crippen molar-refractivity contribution in [1.82, 2.24) is 4.90 Å². The van der Waals surface area contributed by atoms with Gasteiger partial charge in [-0.1, -0.05) is 11.6 Å². The van der Waals surface area contributed by atoms with Crippen LogP contribution >= 0.6 is 11.6 Å². The fourth-order valence-electron chi connectivity index (χ4n) is 1.77. The van der Waals surface area contributed by atoms with E-state index in [0.29, 0.717) is 17.3 Å². The van der Waals surface area contributed by atoms with Gasteiger partial charge in [0.2, 0.25) is 0 Å². The van der Waals surface area contributed by atoms with Crippen LogP contribution in [0.4, 0.5) is 0 Å². The number of halogens is 1. The molecule has 2 rings (SSSR count). The van der Waals surface area contributed by atoms with Gasteiger partial charge in [0.05, 0.1) is 12.1 Å². The zero-order valence-electron chi connectivity index (χ0n) is 10.7. The molecule has 0 aliphatic rings. The number of benzene rings is 1. The van der Waals surface area contributed by atoms with Crippen molar-refractivity contribution >= 4 is 17.5 Å². The molecule has 100 valence electrons. The molecule has 0 fully saturated rings. The Morgan fingerprint density at radius 2 is 2.11 bits per heavy atom. The Labute approximate surface area is 116 Å². The van der Waals surface area contributed by atoms with Crippen LogP contribution in [0.3, 0.4) is 0 Å². The monoisotopic (exact) mass is 279 g/mol. The van der Waals surface area contributed by atoms with Gasteiger partial charge < -0.3 is 14.4 Å². The summed E-state index contributed by atoms with van der Waals surface area (Å²) in [6, 6.07) is 8.08. The summed E-state index contributed by atoms with van der Waals surface area (Å²) in [5.74, 6) is 1.08. The third kappa shape index (κ3) is 3.09. The van der Waals surface area contributed by atoms with Crippen LogP contribution in [0.5, 0.6) is 5.75 Å². The van der Waals surface area contributed by atoms with E-state index in [9.17, 15) is 9.90 Å². The molecule has 2 aromatic rings. The first kappa shape index (κ1) is 13.5. The second-order valence-electron chi connectivity index (χ2n) is 4.34. The third-order valence-electron chi connectivity index (χ3n) is 2.73. The summed E-state index contributed by atoms with van der Waals surface area (Å²) in [6.45, 7) is 2.19. The second kappa shape index (κ2) is 5.36. The molecule has 4 nitrogen and oxygen atoms in total. The van der Waals surface area contributed by atoms with Crippen molar-refractivity contribution in [2.24, 2.45) is 0 Å². The summed E-state index contributed by atoms with van der Waals surface area (Å²) in [6.07, 6.45) is 0. The zero-order chi connectivity index (χ0) is 14.0. The van der Waals surface area contributed by atoms with Crippen molar-refractivity contribution in [3.63, 3.8) is 0 Å². The Bertz CT molecular complexity index is 606. The van der Waals surface area contributed by atoms with Gasteiger partial charge in [0.25, 0.3) is 5.91 Å². The average molecular weight is 280 g/mol. The van der Waals surface area contributed by atoms with Gasteiger partial charge in [0, 0.05) is 12.1 Å². The number of aryl methyl sites for hydroxylation is 1. The summed E-state index contributed by atoms with van der Waals surface area (Å²) < 4.78 is 5.41. The predicted molar refractivity (Wildman–Crippen MR) is 72.4 cm³/mol. The molecule has 1 N–H and O–H groups in total. The zero-order valence-corrected chi connectivity index (χ0v) is 11.4. The number of phenols is 1. The van der Waals surface area contributed by atoms with Crippen molar-refractivity contribution in [3.05, 3.63) is 52.4 Å². The molecular formula is C14H14ClNO3. The Morgan fingerprint density at radius 3 is 2.68 bits per heavy atom. The SMILES string of the molecule is Cc1ccc(CN(C)C(=O)c2ccc(Cl)cc2O)o1. The highest BCUT2D eigenvalue weighted by Gasteiger charge is 2.17. The maximum atomic E-state index is 12.2. The highest BCUT2D eigenvalue weighted by atomic mass is 35.5. The van der Waals surface area contributed by atoms with Crippen LogP contribution in [0, 0.1) is 6.92 Å². The fraction of sp³-hybridized carbons (Fsp3) is 0.214. The predicted octanol–water partition coefficient (Wildman–Crippen LogP) is 3.22. The standard InChI is InChI=1S/C14H14ClNO3/c1-9-3-5-11(19-9)8-16(2)14(18)12-6-4-10(15)7-13(12)17/h3-7,17H,8H2,1-2H3. The van der Waals surface area contributed by atoms with Crippen LogP contribution in [0.15, 0.2) is 34.7 Å². The largest absolute Gasteiger partial charge is 0.507 e.